The second-order valence-corrected chi connectivity index (χ2v) is 4.17. The van der Waals surface area contributed by atoms with Gasteiger partial charge in [-0.3, -0.25) is 4.79 Å². The number of benzene rings is 1. The Labute approximate surface area is 110 Å². The first kappa shape index (κ1) is 14.9. The number of aliphatic carboxylic acids is 1. The quantitative estimate of drug-likeness (QED) is 0.691. The van der Waals surface area contributed by atoms with Crippen molar-refractivity contribution in [3.05, 3.63) is 35.6 Å². The van der Waals surface area contributed by atoms with E-state index in [1.165, 1.54) is 12.1 Å². The molecule has 0 aliphatic carbocycles. The first-order chi connectivity index (χ1) is 8.99. The zero-order valence-electron chi connectivity index (χ0n) is 10.6. The highest BCUT2D eigenvalue weighted by Crippen LogP contribution is 2.12. The summed E-state index contributed by atoms with van der Waals surface area (Å²) in [7, 11) is 0. The van der Waals surface area contributed by atoms with Crippen LogP contribution in [0.2, 0.25) is 0 Å². The van der Waals surface area contributed by atoms with Gasteiger partial charge in [0.15, 0.2) is 0 Å². The van der Waals surface area contributed by atoms with E-state index in [-0.39, 0.29) is 24.8 Å². The predicted octanol–water partition coefficient (Wildman–Crippen LogP) is 2.05. The Hall–Kier alpha value is -2.11. The number of carboxylic acids is 1. The van der Waals surface area contributed by atoms with Crippen molar-refractivity contribution in [3.63, 3.8) is 0 Å². The predicted molar refractivity (Wildman–Crippen MR) is 68.2 cm³/mol. The summed E-state index contributed by atoms with van der Waals surface area (Å²) in [5.74, 6) is -1.25. The highest BCUT2D eigenvalue weighted by atomic mass is 19.1. The number of carbonyl (C=O) groups excluding carboxylic acids is 1. The molecule has 0 saturated carbocycles. The van der Waals surface area contributed by atoms with E-state index in [9.17, 15) is 14.0 Å². The van der Waals surface area contributed by atoms with E-state index in [1.54, 1.807) is 19.1 Å². The van der Waals surface area contributed by atoms with Crippen molar-refractivity contribution in [2.45, 2.75) is 25.8 Å². The summed E-state index contributed by atoms with van der Waals surface area (Å²) in [5, 5.41) is 13.6. The van der Waals surface area contributed by atoms with Crippen LogP contribution in [0.5, 0.6) is 0 Å². The van der Waals surface area contributed by atoms with E-state index in [0.29, 0.717) is 12.0 Å². The van der Waals surface area contributed by atoms with Gasteiger partial charge in [0.25, 0.3) is 0 Å². The monoisotopic (exact) mass is 268 g/mol. The average Bonchev–Trinajstić information content (AvgIpc) is 2.34. The van der Waals surface area contributed by atoms with Crippen molar-refractivity contribution in [1.29, 1.82) is 0 Å². The lowest BCUT2D eigenvalue weighted by Crippen LogP contribution is -2.37. The molecule has 0 aromatic heterocycles. The molecular formula is C13H17FN2O3. The van der Waals surface area contributed by atoms with Gasteiger partial charge < -0.3 is 15.7 Å². The minimum atomic E-state index is -0.893. The lowest BCUT2D eigenvalue weighted by molar-refractivity contribution is -0.137. The third-order valence-corrected chi connectivity index (χ3v) is 2.55. The molecule has 3 N–H and O–H groups in total. The van der Waals surface area contributed by atoms with Gasteiger partial charge in [-0.1, -0.05) is 12.1 Å². The van der Waals surface area contributed by atoms with E-state index in [4.69, 9.17) is 5.11 Å². The Morgan fingerprint density at radius 1 is 1.42 bits per heavy atom. The number of carboxylic acid groups (broad SMARTS) is 1. The van der Waals surface area contributed by atoms with Crippen LogP contribution in [0.15, 0.2) is 24.3 Å². The molecular weight excluding hydrogens is 251 g/mol. The molecule has 1 unspecified atom stereocenters. The van der Waals surface area contributed by atoms with Crippen LogP contribution in [0.3, 0.4) is 0 Å². The van der Waals surface area contributed by atoms with Gasteiger partial charge in [0.1, 0.15) is 5.82 Å². The number of hydrogen-bond acceptors (Lipinski definition) is 2. The molecule has 0 aliphatic rings. The minimum Gasteiger partial charge on any atom is -0.481 e. The molecule has 0 fully saturated rings. The number of amides is 2. The molecule has 1 aromatic rings. The van der Waals surface area contributed by atoms with Gasteiger partial charge in [-0.15, -0.1) is 0 Å². The Balaban J connectivity index is 2.34. The van der Waals surface area contributed by atoms with E-state index < -0.39 is 12.0 Å². The lowest BCUT2D eigenvalue weighted by Gasteiger charge is -2.15. The van der Waals surface area contributed by atoms with Gasteiger partial charge in [-0.2, -0.15) is 0 Å². The van der Waals surface area contributed by atoms with Crippen molar-refractivity contribution in [3.8, 4) is 0 Å². The van der Waals surface area contributed by atoms with Crippen molar-refractivity contribution in [2.75, 3.05) is 6.54 Å². The number of hydrogen-bond donors (Lipinski definition) is 3. The summed E-state index contributed by atoms with van der Waals surface area (Å²) in [6, 6.07) is 5.27. The van der Waals surface area contributed by atoms with Crippen molar-refractivity contribution < 1.29 is 19.1 Å². The topological polar surface area (TPSA) is 78.4 Å². The molecule has 0 heterocycles. The average molecular weight is 268 g/mol. The molecule has 0 aliphatic heterocycles. The van der Waals surface area contributed by atoms with Crippen LogP contribution in [-0.4, -0.2) is 23.7 Å². The van der Waals surface area contributed by atoms with Gasteiger partial charge in [-0.05, 0) is 31.0 Å². The molecule has 19 heavy (non-hydrogen) atoms. The van der Waals surface area contributed by atoms with Gasteiger partial charge in [-0.25, -0.2) is 9.18 Å². The number of halogens is 1. The normalized spacial score (nSPS) is 11.7. The first-order valence-corrected chi connectivity index (χ1v) is 6.00. The van der Waals surface area contributed by atoms with Crippen molar-refractivity contribution >= 4 is 12.0 Å². The minimum absolute atomic E-state index is 0.0136. The fourth-order valence-electron chi connectivity index (χ4n) is 1.55. The van der Waals surface area contributed by atoms with Gasteiger partial charge in [0.05, 0.1) is 6.04 Å². The van der Waals surface area contributed by atoms with Crippen LogP contribution in [0.1, 0.15) is 31.4 Å². The van der Waals surface area contributed by atoms with Gasteiger partial charge >= 0.3 is 12.0 Å². The molecule has 1 aromatic carbocycles. The standard InChI is InChI=1S/C13H17FN2O3/c1-9(10-4-2-5-11(14)8-10)16-13(19)15-7-3-6-12(17)18/h2,4-5,8-9H,3,6-7H2,1H3,(H,17,18)(H2,15,16,19). The second-order valence-electron chi connectivity index (χ2n) is 4.17. The fourth-order valence-corrected chi connectivity index (χ4v) is 1.55. The van der Waals surface area contributed by atoms with Crippen LogP contribution in [0.25, 0.3) is 0 Å². The molecule has 0 saturated heterocycles. The number of nitrogens with one attached hydrogen (secondary N) is 2. The number of urea groups is 1. The smallest absolute Gasteiger partial charge is 0.315 e. The molecule has 1 rings (SSSR count). The van der Waals surface area contributed by atoms with Crippen molar-refractivity contribution in [1.82, 2.24) is 10.6 Å². The van der Waals surface area contributed by atoms with E-state index in [0.717, 1.165) is 0 Å². The molecule has 0 bridgehead atoms. The number of carbonyl (C=O) groups is 2. The molecule has 0 spiro atoms. The summed E-state index contributed by atoms with van der Waals surface area (Å²) < 4.78 is 13.0. The van der Waals surface area contributed by atoms with Gasteiger partial charge in [0.2, 0.25) is 0 Å². The molecule has 0 radical (unpaired) electrons. The summed E-state index contributed by atoms with van der Waals surface area (Å²) >= 11 is 0. The molecule has 2 amide bonds. The zero-order valence-corrected chi connectivity index (χ0v) is 10.6. The van der Waals surface area contributed by atoms with E-state index in [2.05, 4.69) is 10.6 Å². The van der Waals surface area contributed by atoms with Crippen LogP contribution >= 0.6 is 0 Å². The van der Waals surface area contributed by atoms with Crippen LogP contribution < -0.4 is 10.6 Å². The van der Waals surface area contributed by atoms with Crippen LogP contribution in [0.4, 0.5) is 9.18 Å². The maximum Gasteiger partial charge on any atom is 0.315 e. The fraction of sp³-hybridized carbons (Fsp3) is 0.385. The molecule has 5 nitrogen and oxygen atoms in total. The zero-order chi connectivity index (χ0) is 14.3. The highest BCUT2D eigenvalue weighted by molar-refractivity contribution is 5.74. The SMILES string of the molecule is CC(NC(=O)NCCCC(=O)O)c1cccc(F)c1. The largest absolute Gasteiger partial charge is 0.481 e. The van der Waals surface area contributed by atoms with Crippen LogP contribution in [-0.2, 0) is 4.79 Å². The Bertz CT molecular complexity index is 451. The van der Waals surface area contributed by atoms with E-state index in [1.807, 2.05) is 0 Å². The summed E-state index contributed by atoms with van der Waals surface area (Å²) in [5.41, 5.74) is 0.667. The summed E-state index contributed by atoms with van der Waals surface area (Å²) in [4.78, 5) is 21.8. The lowest BCUT2D eigenvalue weighted by atomic mass is 10.1. The molecule has 1 atom stereocenters. The summed E-state index contributed by atoms with van der Waals surface area (Å²) in [6.45, 7) is 2.03. The summed E-state index contributed by atoms with van der Waals surface area (Å²) in [6.07, 6.45) is 0.386. The van der Waals surface area contributed by atoms with Crippen LogP contribution in [0, 0.1) is 5.82 Å². The van der Waals surface area contributed by atoms with Crippen molar-refractivity contribution in [2.24, 2.45) is 0 Å². The maximum atomic E-state index is 13.0. The second kappa shape index (κ2) is 7.35. The third-order valence-electron chi connectivity index (χ3n) is 2.55. The Morgan fingerprint density at radius 2 is 2.16 bits per heavy atom. The number of rotatable bonds is 6. The highest BCUT2D eigenvalue weighted by Gasteiger charge is 2.09. The Morgan fingerprint density at radius 3 is 2.79 bits per heavy atom. The van der Waals surface area contributed by atoms with E-state index >= 15 is 0 Å². The molecule has 6 heteroatoms. The molecule has 104 valence electrons. The first-order valence-electron chi connectivity index (χ1n) is 6.00. The Kier molecular flexibility index (Phi) is 5.78. The third kappa shape index (κ3) is 5.85. The van der Waals surface area contributed by atoms with Gasteiger partial charge in [0, 0.05) is 13.0 Å². The maximum absolute atomic E-state index is 13.0.